The summed E-state index contributed by atoms with van der Waals surface area (Å²) in [5.41, 5.74) is 1.37. The van der Waals surface area contributed by atoms with Crippen molar-refractivity contribution in [3.05, 3.63) is 75.9 Å². The van der Waals surface area contributed by atoms with E-state index in [1.165, 1.54) is 0 Å². The van der Waals surface area contributed by atoms with Crippen LogP contribution >= 0.6 is 15.9 Å². The lowest BCUT2D eigenvalue weighted by molar-refractivity contribution is -0.117. The molecule has 0 unspecified atom stereocenters. The van der Waals surface area contributed by atoms with E-state index in [-0.39, 0.29) is 18.2 Å². The van der Waals surface area contributed by atoms with Crippen LogP contribution in [0.2, 0.25) is 0 Å². The molecule has 2 amide bonds. The van der Waals surface area contributed by atoms with Crippen molar-refractivity contribution in [3.8, 4) is 0 Å². The molecular weight excluding hydrogens is 384 g/mol. The van der Waals surface area contributed by atoms with Crippen molar-refractivity contribution in [2.75, 3.05) is 13.2 Å². The van der Waals surface area contributed by atoms with E-state index in [9.17, 15) is 9.59 Å². The molecule has 0 aliphatic carbocycles. The minimum absolute atomic E-state index is 0.0126. The lowest BCUT2D eigenvalue weighted by Crippen LogP contribution is -2.35. The van der Waals surface area contributed by atoms with Gasteiger partial charge in [0.2, 0.25) is 0 Å². The second-order valence-electron chi connectivity index (χ2n) is 5.24. The van der Waals surface area contributed by atoms with Crippen molar-refractivity contribution in [1.82, 2.24) is 10.6 Å². The van der Waals surface area contributed by atoms with E-state index >= 15 is 0 Å². The maximum absolute atomic E-state index is 12.5. The Morgan fingerprint density at radius 1 is 1.04 bits per heavy atom. The third-order valence-electron chi connectivity index (χ3n) is 3.34. The van der Waals surface area contributed by atoms with Gasteiger partial charge in [-0.1, -0.05) is 42.5 Å². The Balaban J connectivity index is 2.22. The molecule has 0 radical (unpaired) electrons. The lowest BCUT2D eigenvalue weighted by atomic mass is 10.1. The number of hydrogen-bond donors (Lipinski definition) is 3. The zero-order valence-electron chi connectivity index (χ0n) is 13.5. The van der Waals surface area contributed by atoms with Gasteiger partial charge in [-0.2, -0.15) is 0 Å². The molecule has 5 nitrogen and oxygen atoms in total. The van der Waals surface area contributed by atoms with Crippen LogP contribution in [0.15, 0.2) is 64.8 Å². The molecule has 130 valence electrons. The van der Waals surface area contributed by atoms with Gasteiger partial charge in [-0.3, -0.25) is 9.59 Å². The predicted octanol–water partition coefficient (Wildman–Crippen LogP) is 2.72. The third kappa shape index (κ3) is 5.85. The molecule has 2 rings (SSSR count). The van der Waals surface area contributed by atoms with Gasteiger partial charge in [-0.15, -0.1) is 0 Å². The van der Waals surface area contributed by atoms with Crippen LogP contribution in [-0.2, 0) is 4.79 Å². The van der Waals surface area contributed by atoms with Gasteiger partial charge in [0, 0.05) is 17.6 Å². The largest absolute Gasteiger partial charge is 0.396 e. The summed E-state index contributed by atoms with van der Waals surface area (Å²) in [4.78, 5) is 24.9. The molecule has 3 N–H and O–H groups in total. The number of benzene rings is 2. The van der Waals surface area contributed by atoms with Crippen molar-refractivity contribution in [3.63, 3.8) is 0 Å². The number of aliphatic hydroxyl groups excluding tert-OH is 1. The Labute approximate surface area is 154 Å². The number of nitrogens with one attached hydrogen (secondary N) is 2. The molecule has 25 heavy (non-hydrogen) atoms. The van der Waals surface area contributed by atoms with E-state index in [1.54, 1.807) is 24.3 Å². The normalized spacial score (nSPS) is 11.0. The summed E-state index contributed by atoms with van der Waals surface area (Å²) in [6.07, 6.45) is 2.06. The quantitative estimate of drug-likeness (QED) is 0.492. The van der Waals surface area contributed by atoms with Gasteiger partial charge in [0.25, 0.3) is 11.8 Å². The van der Waals surface area contributed by atoms with Crippen molar-refractivity contribution < 1.29 is 14.7 Å². The fourth-order valence-corrected chi connectivity index (χ4v) is 2.55. The van der Waals surface area contributed by atoms with E-state index in [4.69, 9.17) is 5.11 Å². The number of carbonyl (C=O) groups is 2. The van der Waals surface area contributed by atoms with Gasteiger partial charge < -0.3 is 15.7 Å². The van der Waals surface area contributed by atoms with Gasteiger partial charge in [0.15, 0.2) is 0 Å². The van der Waals surface area contributed by atoms with Crippen LogP contribution in [0, 0.1) is 0 Å². The summed E-state index contributed by atoms with van der Waals surface area (Å²) in [5, 5.41) is 14.2. The lowest BCUT2D eigenvalue weighted by Gasteiger charge is -2.11. The van der Waals surface area contributed by atoms with E-state index < -0.39 is 5.91 Å². The fourth-order valence-electron chi connectivity index (χ4n) is 2.09. The van der Waals surface area contributed by atoms with Gasteiger partial charge >= 0.3 is 0 Å². The monoisotopic (exact) mass is 402 g/mol. The highest BCUT2D eigenvalue weighted by atomic mass is 79.9. The highest BCUT2D eigenvalue weighted by Crippen LogP contribution is 2.16. The van der Waals surface area contributed by atoms with Gasteiger partial charge in [-0.25, -0.2) is 0 Å². The maximum Gasteiger partial charge on any atom is 0.267 e. The summed E-state index contributed by atoms with van der Waals surface area (Å²) in [6.45, 7) is 0.313. The first kappa shape index (κ1) is 18.9. The zero-order chi connectivity index (χ0) is 18.1. The molecule has 0 saturated heterocycles. The molecule has 0 atom stereocenters. The Morgan fingerprint density at radius 2 is 1.72 bits per heavy atom. The van der Waals surface area contributed by atoms with Crippen LogP contribution in [0.4, 0.5) is 0 Å². The number of rotatable bonds is 7. The number of carbonyl (C=O) groups excluding carboxylic acids is 2. The molecule has 0 bridgehead atoms. The van der Waals surface area contributed by atoms with Crippen LogP contribution < -0.4 is 10.6 Å². The summed E-state index contributed by atoms with van der Waals surface area (Å²) < 4.78 is 0.646. The third-order valence-corrected chi connectivity index (χ3v) is 4.03. The molecule has 0 saturated carbocycles. The predicted molar refractivity (Wildman–Crippen MR) is 101 cm³/mol. The molecule has 0 fully saturated rings. The van der Waals surface area contributed by atoms with Gasteiger partial charge in [0.1, 0.15) is 5.70 Å². The summed E-state index contributed by atoms with van der Waals surface area (Å²) >= 11 is 3.33. The standard InChI is InChI=1S/C19H19BrN2O3/c20-16-10-5-4-9-15(16)18(24)22-17(19(25)21-11-6-12-23)13-14-7-2-1-3-8-14/h1-5,7-10,13,23H,6,11-12H2,(H,21,25)(H,22,24)/b17-13+. The first-order valence-electron chi connectivity index (χ1n) is 7.83. The highest BCUT2D eigenvalue weighted by Gasteiger charge is 2.16. The van der Waals surface area contributed by atoms with Crippen molar-refractivity contribution in [2.45, 2.75) is 6.42 Å². The Kier molecular flexibility index (Phi) is 7.37. The van der Waals surface area contributed by atoms with E-state index in [0.717, 1.165) is 5.56 Å². The molecule has 0 spiro atoms. The van der Waals surface area contributed by atoms with Crippen LogP contribution in [0.25, 0.3) is 6.08 Å². The van der Waals surface area contributed by atoms with Gasteiger partial charge in [0.05, 0.1) is 5.56 Å². The SMILES string of the molecule is O=C(NCCCO)/C(=C\c1ccccc1)NC(=O)c1ccccc1Br. The number of halogens is 1. The minimum atomic E-state index is -0.405. The van der Waals surface area contributed by atoms with Gasteiger partial charge in [-0.05, 0) is 46.1 Å². The second kappa shape index (κ2) is 9.76. The summed E-state index contributed by atoms with van der Waals surface area (Å²) in [5.74, 6) is -0.787. The molecular formula is C19H19BrN2O3. The fraction of sp³-hybridized carbons (Fsp3) is 0.158. The molecule has 0 heterocycles. The topological polar surface area (TPSA) is 78.4 Å². The molecule has 0 aliphatic heterocycles. The van der Waals surface area contributed by atoms with E-state index in [1.807, 2.05) is 36.4 Å². The number of aliphatic hydroxyl groups is 1. The highest BCUT2D eigenvalue weighted by molar-refractivity contribution is 9.10. The van der Waals surface area contributed by atoms with Crippen LogP contribution in [0.1, 0.15) is 22.3 Å². The van der Waals surface area contributed by atoms with E-state index in [2.05, 4.69) is 26.6 Å². The molecule has 6 heteroatoms. The smallest absolute Gasteiger partial charge is 0.267 e. The van der Waals surface area contributed by atoms with Crippen molar-refractivity contribution in [1.29, 1.82) is 0 Å². The zero-order valence-corrected chi connectivity index (χ0v) is 15.1. The number of amides is 2. The first-order chi connectivity index (χ1) is 12.1. The van der Waals surface area contributed by atoms with Crippen molar-refractivity contribution >= 4 is 33.8 Å². The Bertz CT molecular complexity index is 760. The molecule has 2 aromatic rings. The van der Waals surface area contributed by atoms with Crippen LogP contribution in [0.5, 0.6) is 0 Å². The second-order valence-corrected chi connectivity index (χ2v) is 6.09. The molecule has 0 aliphatic rings. The maximum atomic E-state index is 12.5. The molecule has 0 aromatic heterocycles. The van der Waals surface area contributed by atoms with Crippen LogP contribution in [0.3, 0.4) is 0 Å². The summed E-state index contributed by atoms with van der Waals surface area (Å²) in [7, 11) is 0. The number of hydrogen-bond acceptors (Lipinski definition) is 3. The molecule has 2 aromatic carbocycles. The van der Waals surface area contributed by atoms with E-state index in [0.29, 0.717) is 23.0 Å². The van der Waals surface area contributed by atoms with Crippen LogP contribution in [-0.4, -0.2) is 30.1 Å². The Morgan fingerprint density at radius 3 is 2.40 bits per heavy atom. The minimum Gasteiger partial charge on any atom is -0.396 e. The summed E-state index contributed by atoms with van der Waals surface area (Å²) in [6, 6.07) is 16.2. The first-order valence-corrected chi connectivity index (χ1v) is 8.63. The average molecular weight is 403 g/mol. The average Bonchev–Trinajstić information content (AvgIpc) is 2.62. The Hall–Kier alpha value is -2.44. The van der Waals surface area contributed by atoms with Crippen molar-refractivity contribution in [2.24, 2.45) is 0 Å².